The number of hydrogen-bond acceptors (Lipinski definition) is 2. The zero-order chi connectivity index (χ0) is 10.4. The Balaban J connectivity index is 0.000000461. The second-order valence-corrected chi connectivity index (χ2v) is 3.13. The summed E-state index contributed by atoms with van der Waals surface area (Å²) in [6.07, 6.45) is 2.29. The van der Waals surface area contributed by atoms with Crippen molar-refractivity contribution in [2.24, 2.45) is 5.73 Å². The van der Waals surface area contributed by atoms with Crippen LogP contribution in [-0.2, 0) is 6.42 Å². The normalized spacial score (nSPS) is 17.8. The highest BCUT2D eigenvalue weighted by molar-refractivity contribution is 5.37. The average Bonchev–Trinajstić information content (AvgIpc) is 2.63. The van der Waals surface area contributed by atoms with Crippen LogP contribution in [0.25, 0.3) is 0 Å². The molecule has 1 aromatic carbocycles. The van der Waals surface area contributed by atoms with Gasteiger partial charge in [-0.1, -0.05) is 32.0 Å². The molecule has 1 aliphatic heterocycles. The Labute approximate surface area is 86.1 Å². The van der Waals surface area contributed by atoms with Crippen LogP contribution in [0.5, 0.6) is 5.75 Å². The molecule has 1 unspecified atom stereocenters. The van der Waals surface area contributed by atoms with Crippen LogP contribution in [0, 0.1) is 0 Å². The van der Waals surface area contributed by atoms with Gasteiger partial charge in [-0.2, -0.15) is 0 Å². The average molecular weight is 193 g/mol. The first-order chi connectivity index (χ1) is 6.90. The molecule has 1 aliphatic rings. The summed E-state index contributed by atoms with van der Waals surface area (Å²) in [5.41, 5.74) is 6.78. The number of hydrogen-bond donors (Lipinski definition) is 1. The second-order valence-electron chi connectivity index (χ2n) is 3.13. The van der Waals surface area contributed by atoms with Crippen molar-refractivity contribution in [2.45, 2.75) is 32.8 Å². The number of nitrogens with two attached hydrogens (primary N) is 1. The molecule has 2 N–H and O–H groups in total. The molecule has 1 heterocycles. The molecular formula is C12H19NO. The number of para-hydroxylation sites is 1. The Morgan fingerprint density at radius 3 is 2.71 bits per heavy atom. The zero-order valence-electron chi connectivity index (χ0n) is 8.99. The fourth-order valence-corrected chi connectivity index (χ4v) is 1.60. The Morgan fingerprint density at radius 2 is 2.07 bits per heavy atom. The summed E-state index contributed by atoms with van der Waals surface area (Å²) in [7, 11) is 0. The summed E-state index contributed by atoms with van der Waals surface area (Å²) in [4.78, 5) is 0. The van der Waals surface area contributed by atoms with Crippen molar-refractivity contribution in [3.8, 4) is 5.75 Å². The molecule has 2 rings (SSSR count). The van der Waals surface area contributed by atoms with Crippen LogP contribution in [0.15, 0.2) is 24.3 Å². The predicted molar refractivity (Wildman–Crippen MR) is 59.6 cm³/mol. The van der Waals surface area contributed by atoms with Gasteiger partial charge in [0, 0.05) is 6.42 Å². The Hall–Kier alpha value is -1.02. The lowest BCUT2D eigenvalue weighted by Gasteiger charge is -2.07. The van der Waals surface area contributed by atoms with E-state index in [-0.39, 0.29) is 0 Å². The van der Waals surface area contributed by atoms with Crippen molar-refractivity contribution in [2.75, 3.05) is 6.54 Å². The molecule has 0 spiro atoms. The summed E-state index contributed by atoms with van der Waals surface area (Å²) < 4.78 is 5.67. The third-order valence-corrected chi connectivity index (χ3v) is 2.20. The summed E-state index contributed by atoms with van der Waals surface area (Å²) >= 11 is 0. The molecule has 0 bridgehead atoms. The summed E-state index contributed by atoms with van der Waals surface area (Å²) in [6.45, 7) is 4.71. The Morgan fingerprint density at radius 1 is 1.36 bits per heavy atom. The van der Waals surface area contributed by atoms with Gasteiger partial charge in [0.1, 0.15) is 11.9 Å². The molecule has 0 aromatic heterocycles. The molecule has 1 atom stereocenters. The minimum Gasteiger partial charge on any atom is -0.490 e. The number of fused-ring (bicyclic) bond motifs is 1. The van der Waals surface area contributed by atoms with Crippen LogP contribution in [-0.4, -0.2) is 12.6 Å². The van der Waals surface area contributed by atoms with Crippen molar-refractivity contribution < 1.29 is 4.74 Å². The molecule has 0 aliphatic carbocycles. The largest absolute Gasteiger partial charge is 0.490 e. The third kappa shape index (κ3) is 2.48. The van der Waals surface area contributed by atoms with E-state index in [1.54, 1.807) is 0 Å². The fourth-order valence-electron chi connectivity index (χ4n) is 1.60. The molecule has 2 heteroatoms. The number of benzene rings is 1. The van der Waals surface area contributed by atoms with Gasteiger partial charge >= 0.3 is 0 Å². The molecule has 0 saturated carbocycles. The maximum Gasteiger partial charge on any atom is 0.123 e. The van der Waals surface area contributed by atoms with E-state index in [1.165, 1.54) is 5.56 Å². The molecule has 0 saturated heterocycles. The van der Waals surface area contributed by atoms with E-state index in [0.29, 0.717) is 12.6 Å². The Bertz CT molecular complexity index is 248. The van der Waals surface area contributed by atoms with Crippen LogP contribution in [0.1, 0.15) is 25.8 Å². The summed E-state index contributed by atoms with van der Waals surface area (Å²) in [6, 6.07) is 8.19. The van der Waals surface area contributed by atoms with Crippen LogP contribution < -0.4 is 10.5 Å². The van der Waals surface area contributed by atoms with Gasteiger partial charge in [0.05, 0.1) is 0 Å². The first-order valence-corrected chi connectivity index (χ1v) is 5.35. The van der Waals surface area contributed by atoms with Crippen molar-refractivity contribution in [1.82, 2.24) is 0 Å². The third-order valence-electron chi connectivity index (χ3n) is 2.20. The predicted octanol–water partition coefficient (Wildman–Crippen LogP) is 2.37. The van der Waals surface area contributed by atoms with Gasteiger partial charge in [-0.15, -0.1) is 0 Å². The second kappa shape index (κ2) is 5.66. The highest BCUT2D eigenvalue weighted by atomic mass is 16.5. The fraction of sp³-hybridized carbons (Fsp3) is 0.500. The summed E-state index contributed by atoms with van der Waals surface area (Å²) in [5, 5.41) is 0. The molecule has 0 radical (unpaired) electrons. The maximum absolute atomic E-state index is 5.67. The molecule has 78 valence electrons. The van der Waals surface area contributed by atoms with Crippen molar-refractivity contribution in [3.05, 3.63) is 29.8 Å². The minimum absolute atomic E-state index is 0.312. The van der Waals surface area contributed by atoms with Gasteiger partial charge in [-0.25, -0.2) is 0 Å². The lowest BCUT2D eigenvalue weighted by atomic mass is 10.1. The smallest absolute Gasteiger partial charge is 0.123 e. The van der Waals surface area contributed by atoms with Gasteiger partial charge in [-0.3, -0.25) is 0 Å². The first-order valence-electron chi connectivity index (χ1n) is 5.35. The highest BCUT2D eigenvalue weighted by Gasteiger charge is 2.20. The van der Waals surface area contributed by atoms with Gasteiger partial charge in [0.2, 0.25) is 0 Å². The molecule has 0 fully saturated rings. The van der Waals surface area contributed by atoms with Crippen molar-refractivity contribution in [3.63, 3.8) is 0 Å². The lowest BCUT2D eigenvalue weighted by molar-refractivity contribution is 0.224. The van der Waals surface area contributed by atoms with Crippen LogP contribution in [0.4, 0.5) is 0 Å². The van der Waals surface area contributed by atoms with Gasteiger partial charge in [0.25, 0.3) is 0 Å². The molecule has 1 aromatic rings. The van der Waals surface area contributed by atoms with E-state index >= 15 is 0 Å². The lowest BCUT2D eigenvalue weighted by Crippen LogP contribution is -2.17. The SMILES string of the molecule is CC.NCCC1Cc2ccccc2O1. The maximum atomic E-state index is 5.67. The number of ether oxygens (including phenoxy) is 1. The monoisotopic (exact) mass is 193 g/mol. The van der Waals surface area contributed by atoms with Gasteiger partial charge < -0.3 is 10.5 Å². The quantitative estimate of drug-likeness (QED) is 0.782. The molecular weight excluding hydrogens is 174 g/mol. The summed E-state index contributed by atoms with van der Waals surface area (Å²) in [5.74, 6) is 1.04. The van der Waals surface area contributed by atoms with Crippen LogP contribution >= 0.6 is 0 Å². The molecule has 2 nitrogen and oxygen atoms in total. The van der Waals surface area contributed by atoms with E-state index in [4.69, 9.17) is 10.5 Å². The Kier molecular flexibility index (Phi) is 4.47. The van der Waals surface area contributed by atoms with Crippen molar-refractivity contribution in [1.29, 1.82) is 0 Å². The first kappa shape index (κ1) is 11.1. The zero-order valence-corrected chi connectivity index (χ0v) is 8.99. The van der Waals surface area contributed by atoms with Gasteiger partial charge in [0.15, 0.2) is 0 Å². The van der Waals surface area contributed by atoms with Gasteiger partial charge in [-0.05, 0) is 24.6 Å². The van der Waals surface area contributed by atoms with E-state index in [1.807, 2.05) is 32.0 Å². The van der Waals surface area contributed by atoms with Crippen molar-refractivity contribution >= 4 is 0 Å². The van der Waals surface area contributed by atoms with Crippen LogP contribution in [0.2, 0.25) is 0 Å². The topological polar surface area (TPSA) is 35.2 Å². The molecule has 0 amide bonds. The van der Waals surface area contributed by atoms with E-state index < -0.39 is 0 Å². The number of rotatable bonds is 2. The minimum atomic E-state index is 0.312. The van der Waals surface area contributed by atoms with E-state index in [9.17, 15) is 0 Å². The highest BCUT2D eigenvalue weighted by Crippen LogP contribution is 2.28. The van der Waals surface area contributed by atoms with E-state index in [0.717, 1.165) is 18.6 Å². The molecule has 14 heavy (non-hydrogen) atoms. The van der Waals surface area contributed by atoms with E-state index in [2.05, 4.69) is 6.07 Å². The van der Waals surface area contributed by atoms with Crippen LogP contribution in [0.3, 0.4) is 0 Å². The standard InChI is InChI=1S/C10H13NO.C2H6/c11-6-5-9-7-8-3-1-2-4-10(8)12-9;1-2/h1-4,9H,5-7,11H2;1-2H3.